The number of hydrogen-bond donors (Lipinski definition) is 1. The third-order valence-corrected chi connectivity index (χ3v) is 5.39. The van der Waals surface area contributed by atoms with Crippen molar-refractivity contribution in [1.82, 2.24) is 20.2 Å². The van der Waals surface area contributed by atoms with Gasteiger partial charge in [-0.3, -0.25) is 9.59 Å². The van der Waals surface area contributed by atoms with Crippen LogP contribution < -0.4 is 5.32 Å². The van der Waals surface area contributed by atoms with Gasteiger partial charge in [-0.25, -0.2) is 14.4 Å². The Balaban J connectivity index is 1.47. The second kappa shape index (κ2) is 10.8. The highest BCUT2D eigenvalue weighted by atomic mass is 19.1. The summed E-state index contributed by atoms with van der Waals surface area (Å²) in [5.41, 5.74) is 2.60. The number of rotatable bonds is 7. The van der Waals surface area contributed by atoms with E-state index in [0.717, 1.165) is 11.1 Å². The lowest BCUT2D eigenvalue weighted by atomic mass is 10.1. The number of carbonyl (C=O) groups excluding carboxylic acids is 2. The summed E-state index contributed by atoms with van der Waals surface area (Å²) in [7, 11) is 0. The lowest BCUT2D eigenvalue weighted by molar-refractivity contribution is -0.120. The van der Waals surface area contributed by atoms with Crippen molar-refractivity contribution in [3.63, 3.8) is 0 Å². The number of nitrogens with zero attached hydrogens (tertiary/aromatic N) is 3. The second-order valence-corrected chi connectivity index (χ2v) is 7.73. The minimum atomic E-state index is -0.338. The average Bonchev–Trinajstić information content (AvgIpc) is 2.86. The van der Waals surface area contributed by atoms with Crippen molar-refractivity contribution < 1.29 is 18.7 Å². The van der Waals surface area contributed by atoms with E-state index in [1.54, 1.807) is 23.2 Å². The number of aromatic nitrogens is 2. The van der Waals surface area contributed by atoms with E-state index in [9.17, 15) is 14.0 Å². The fourth-order valence-corrected chi connectivity index (χ4v) is 3.62. The summed E-state index contributed by atoms with van der Waals surface area (Å²) >= 11 is 0. The fourth-order valence-electron chi connectivity index (χ4n) is 3.62. The Morgan fingerprint density at radius 3 is 2.48 bits per heavy atom. The van der Waals surface area contributed by atoms with Gasteiger partial charge >= 0.3 is 0 Å². The normalized spacial score (nSPS) is 13.5. The molecule has 1 fully saturated rings. The first-order valence-corrected chi connectivity index (χ1v) is 10.9. The molecule has 0 radical (unpaired) electrons. The molecule has 2 amide bonds. The van der Waals surface area contributed by atoms with Gasteiger partial charge in [-0.15, -0.1) is 0 Å². The van der Waals surface area contributed by atoms with Crippen LogP contribution in [0.2, 0.25) is 0 Å². The van der Waals surface area contributed by atoms with Gasteiger partial charge in [0.15, 0.2) is 5.82 Å². The van der Waals surface area contributed by atoms with Gasteiger partial charge in [-0.2, -0.15) is 0 Å². The molecule has 0 atom stereocenters. The summed E-state index contributed by atoms with van der Waals surface area (Å²) in [4.78, 5) is 36.2. The number of hydrogen-bond acceptors (Lipinski definition) is 5. The van der Waals surface area contributed by atoms with Gasteiger partial charge < -0.3 is 15.0 Å². The third kappa shape index (κ3) is 5.98. The van der Waals surface area contributed by atoms with Crippen molar-refractivity contribution in [1.29, 1.82) is 0 Å². The van der Waals surface area contributed by atoms with E-state index >= 15 is 0 Å². The Hall–Kier alpha value is -3.65. The largest absolute Gasteiger partial charge is 0.378 e. The maximum absolute atomic E-state index is 13.1. The zero-order chi connectivity index (χ0) is 23.0. The lowest BCUT2D eigenvalue weighted by Gasteiger charge is -2.27. The van der Waals surface area contributed by atoms with Gasteiger partial charge in [0, 0.05) is 37.8 Å². The molecule has 7 nitrogen and oxygen atoms in total. The Morgan fingerprint density at radius 2 is 1.76 bits per heavy atom. The Kier molecular flexibility index (Phi) is 7.36. The molecule has 0 spiro atoms. The van der Waals surface area contributed by atoms with E-state index in [0.29, 0.717) is 56.4 Å². The number of ether oxygens (including phenoxy) is 1. The van der Waals surface area contributed by atoms with Gasteiger partial charge in [0.25, 0.3) is 5.91 Å². The molecule has 4 rings (SSSR count). The van der Waals surface area contributed by atoms with Crippen molar-refractivity contribution in [2.45, 2.75) is 12.8 Å². The molecule has 1 aliphatic heterocycles. The number of halogens is 1. The van der Waals surface area contributed by atoms with E-state index in [-0.39, 0.29) is 24.1 Å². The predicted octanol–water partition coefficient (Wildman–Crippen LogP) is 2.66. The SMILES string of the molecule is O=C(Cc1ccc(F)cc1)NCCc1nc(-c2ccccc2)ncc1C(=O)N1CCOCC1. The molecule has 170 valence electrons. The van der Waals surface area contributed by atoms with Crippen LogP contribution in [0.1, 0.15) is 21.6 Å². The van der Waals surface area contributed by atoms with Gasteiger partial charge in [-0.05, 0) is 17.7 Å². The van der Waals surface area contributed by atoms with Gasteiger partial charge in [0.05, 0.1) is 30.9 Å². The number of nitrogens with one attached hydrogen (secondary N) is 1. The standard InChI is InChI=1S/C25H25FN4O3/c26-20-8-6-18(7-9-20)16-23(31)27-11-10-22-21(25(32)30-12-14-33-15-13-30)17-28-24(29-22)19-4-2-1-3-5-19/h1-9,17H,10-16H2,(H,27,31). The van der Waals surface area contributed by atoms with Crippen LogP contribution in [-0.2, 0) is 22.4 Å². The van der Waals surface area contributed by atoms with Crippen LogP contribution in [0.25, 0.3) is 11.4 Å². The summed E-state index contributed by atoms with van der Waals surface area (Å²) < 4.78 is 18.4. The number of benzene rings is 2. The molecule has 0 unspecified atom stereocenters. The molecular weight excluding hydrogens is 423 g/mol. The maximum atomic E-state index is 13.1. The minimum absolute atomic E-state index is 0.134. The lowest BCUT2D eigenvalue weighted by Crippen LogP contribution is -2.41. The molecule has 1 N–H and O–H groups in total. The van der Waals surface area contributed by atoms with Crippen molar-refractivity contribution in [2.24, 2.45) is 0 Å². The van der Waals surface area contributed by atoms with Crippen molar-refractivity contribution >= 4 is 11.8 Å². The van der Waals surface area contributed by atoms with Crippen LogP contribution in [0.4, 0.5) is 4.39 Å². The molecule has 2 aromatic carbocycles. The summed E-state index contributed by atoms with van der Waals surface area (Å²) in [6.07, 6.45) is 2.10. The van der Waals surface area contributed by atoms with Crippen molar-refractivity contribution in [3.8, 4) is 11.4 Å². The van der Waals surface area contributed by atoms with Crippen molar-refractivity contribution in [3.05, 3.63) is 83.4 Å². The second-order valence-electron chi connectivity index (χ2n) is 7.73. The Morgan fingerprint density at radius 1 is 1.03 bits per heavy atom. The van der Waals surface area contributed by atoms with E-state index in [1.807, 2.05) is 30.3 Å². The first-order valence-electron chi connectivity index (χ1n) is 10.9. The highest BCUT2D eigenvalue weighted by molar-refractivity contribution is 5.95. The summed E-state index contributed by atoms with van der Waals surface area (Å²) in [5, 5.41) is 2.86. The Labute approximate surface area is 191 Å². The van der Waals surface area contributed by atoms with E-state index < -0.39 is 0 Å². The third-order valence-electron chi connectivity index (χ3n) is 5.39. The molecule has 8 heteroatoms. The zero-order valence-electron chi connectivity index (χ0n) is 18.2. The average molecular weight is 448 g/mol. The van der Waals surface area contributed by atoms with Crippen LogP contribution >= 0.6 is 0 Å². The van der Waals surface area contributed by atoms with Crippen LogP contribution in [0.5, 0.6) is 0 Å². The summed E-state index contributed by atoms with van der Waals surface area (Å²) in [5.74, 6) is -0.123. The quantitative estimate of drug-likeness (QED) is 0.601. The molecule has 0 bridgehead atoms. The van der Waals surface area contributed by atoms with Crippen LogP contribution in [0.3, 0.4) is 0 Å². The zero-order valence-corrected chi connectivity index (χ0v) is 18.2. The fraction of sp³-hybridized carbons (Fsp3) is 0.280. The van der Waals surface area contributed by atoms with Crippen LogP contribution in [0, 0.1) is 5.82 Å². The molecule has 0 saturated carbocycles. The highest BCUT2D eigenvalue weighted by Gasteiger charge is 2.23. The molecule has 1 aromatic heterocycles. The first-order chi connectivity index (χ1) is 16.1. The van der Waals surface area contributed by atoms with E-state index in [4.69, 9.17) is 4.74 Å². The molecular formula is C25H25FN4O3. The molecule has 2 heterocycles. The Bertz CT molecular complexity index is 1100. The minimum Gasteiger partial charge on any atom is -0.378 e. The van der Waals surface area contributed by atoms with Crippen molar-refractivity contribution in [2.75, 3.05) is 32.8 Å². The smallest absolute Gasteiger partial charge is 0.257 e. The monoisotopic (exact) mass is 448 g/mol. The van der Waals surface area contributed by atoms with Gasteiger partial charge in [0.2, 0.25) is 5.91 Å². The molecule has 3 aromatic rings. The molecule has 1 saturated heterocycles. The first kappa shape index (κ1) is 22.5. The molecule has 0 aliphatic carbocycles. The van der Waals surface area contributed by atoms with Gasteiger partial charge in [-0.1, -0.05) is 42.5 Å². The number of amides is 2. The van der Waals surface area contributed by atoms with Crippen LogP contribution in [-0.4, -0.2) is 59.5 Å². The van der Waals surface area contributed by atoms with E-state index in [2.05, 4.69) is 15.3 Å². The van der Waals surface area contributed by atoms with Crippen LogP contribution in [0.15, 0.2) is 60.8 Å². The topological polar surface area (TPSA) is 84.4 Å². The van der Waals surface area contributed by atoms with E-state index in [1.165, 1.54) is 12.1 Å². The van der Waals surface area contributed by atoms with Gasteiger partial charge in [0.1, 0.15) is 5.82 Å². The predicted molar refractivity (Wildman–Crippen MR) is 121 cm³/mol. The summed E-state index contributed by atoms with van der Waals surface area (Å²) in [6, 6.07) is 15.4. The molecule has 1 aliphatic rings. The summed E-state index contributed by atoms with van der Waals surface area (Å²) in [6.45, 7) is 2.36. The number of morpholine rings is 1. The highest BCUT2D eigenvalue weighted by Crippen LogP contribution is 2.18. The molecule has 33 heavy (non-hydrogen) atoms. The number of carbonyl (C=O) groups is 2. The maximum Gasteiger partial charge on any atom is 0.257 e.